The molecule has 8 heteroatoms. The van der Waals surface area contributed by atoms with E-state index in [9.17, 15) is 9.59 Å². The summed E-state index contributed by atoms with van der Waals surface area (Å²) in [6, 6.07) is 3.90. The van der Waals surface area contributed by atoms with Crippen molar-refractivity contribution >= 4 is 46.3 Å². The third-order valence-electron chi connectivity index (χ3n) is 2.34. The van der Waals surface area contributed by atoms with Gasteiger partial charge in [0.15, 0.2) is 4.34 Å². The molecule has 1 amide bonds. The highest BCUT2D eigenvalue weighted by Gasteiger charge is 2.15. The number of carboxylic acids is 1. The fraction of sp³-hybridized carbons (Fsp3) is 0.250. The van der Waals surface area contributed by atoms with E-state index in [1.54, 1.807) is 18.3 Å². The minimum atomic E-state index is -0.978. The van der Waals surface area contributed by atoms with Gasteiger partial charge in [-0.1, -0.05) is 17.8 Å². The number of carboxylic acid groups (broad SMARTS) is 1. The third-order valence-corrected chi connectivity index (χ3v) is 5.50. The molecular formula is C12H12N2O3S3. The van der Waals surface area contributed by atoms with Crippen LogP contribution < -0.4 is 5.32 Å². The molecule has 2 aromatic rings. The second kappa shape index (κ2) is 6.87. The monoisotopic (exact) mass is 328 g/mol. The van der Waals surface area contributed by atoms with Crippen LogP contribution in [0.2, 0.25) is 0 Å². The van der Waals surface area contributed by atoms with Crippen LogP contribution in [0.4, 0.5) is 0 Å². The average Bonchev–Trinajstić information content (AvgIpc) is 3.03. The number of thioether (sulfide) groups is 1. The van der Waals surface area contributed by atoms with Gasteiger partial charge in [0.1, 0.15) is 4.88 Å². The van der Waals surface area contributed by atoms with Gasteiger partial charge >= 0.3 is 5.97 Å². The number of hydrogen-bond donors (Lipinski definition) is 2. The number of aryl methyl sites for hydroxylation is 1. The summed E-state index contributed by atoms with van der Waals surface area (Å²) >= 11 is 3.94. The Morgan fingerprint density at radius 3 is 2.90 bits per heavy atom. The van der Waals surface area contributed by atoms with Gasteiger partial charge in [-0.3, -0.25) is 4.79 Å². The average molecular weight is 328 g/mol. The van der Waals surface area contributed by atoms with Gasteiger partial charge in [-0.15, -0.1) is 22.7 Å². The Labute approximate surface area is 128 Å². The summed E-state index contributed by atoms with van der Waals surface area (Å²) in [5, 5.41) is 13.7. The summed E-state index contributed by atoms with van der Waals surface area (Å²) < 4.78 is 0.603. The molecule has 2 rings (SSSR count). The number of carbonyl (C=O) groups excluding carboxylic acids is 1. The van der Waals surface area contributed by atoms with E-state index in [-0.39, 0.29) is 16.5 Å². The zero-order valence-corrected chi connectivity index (χ0v) is 13.0. The Kier molecular flexibility index (Phi) is 5.16. The van der Waals surface area contributed by atoms with Crippen LogP contribution in [0.25, 0.3) is 0 Å². The maximum Gasteiger partial charge on any atom is 0.347 e. The molecule has 0 saturated carbocycles. The van der Waals surface area contributed by atoms with Crippen LogP contribution in [0.1, 0.15) is 20.2 Å². The SMILES string of the molecule is Cc1nc(SCC(=O)NCc2cccs2)sc1C(=O)O. The van der Waals surface area contributed by atoms with Crippen molar-refractivity contribution in [3.05, 3.63) is 33.0 Å². The summed E-state index contributed by atoms with van der Waals surface area (Å²) in [5.74, 6) is -0.834. The molecule has 0 aliphatic carbocycles. The molecule has 0 aliphatic heterocycles. The Hall–Kier alpha value is -1.38. The van der Waals surface area contributed by atoms with Gasteiger partial charge in [0, 0.05) is 4.88 Å². The molecule has 20 heavy (non-hydrogen) atoms. The predicted octanol–water partition coefficient (Wildman–Crippen LogP) is 2.62. The number of rotatable bonds is 6. The molecule has 0 aromatic carbocycles. The summed E-state index contributed by atoms with van der Waals surface area (Å²) in [7, 11) is 0. The molecular weight excluding hydrogens is 316 g/mol. The van der Waals surface area contributed by atoms with E-state index in [1.165, 1.54) is 11.8 Å². The van der Waals surface area contributed by atoms with Gasteiger partial charge in [0.2, 0.25) is 5.91 Å². The summed E-state index contributed by atoms with van der Waals surface area (Å²) in [6.45, 7) is 2.18. The first-order valence-electron chi connectivity index (χ1n) is 5.69. The lowest BCUT2D eigenvalue weighted by Gasteiger charge is -2.01. The van der Waals surface area contributed by atoms with E-state index >= 15 is 0 Å². The van der Waals surface area contributed by atoms with Gasteiger partial charge in [0.05, 0.1) is 18.0 Å². The number of aromatic nitrogens is 1. The lowest BCUT2D eigenvalue weighted by atomic mass is 10.4. The Morgan fingerprint density at radius 1 is 1.50 bits per heavy atom. The van der Waals surface area contributed by atoms with Gasteiger partial charge in [-0.25, -0.2) is 9.78 Å². The minimum Gasteiger partial charge on any atom is -0.477 e. The molecule has 5 nitrogen and oxygen atoms in total. The second-order valence-corrected chi connectivity index (χ2v) is 7.10. The highest BCUT2D eigenvalue weighted by molar-refractivity contribution is 8.01. The van der Waals surface area contributed by atoms with Crippen LogP contribution in [0.5, 0.6) is 0 Å². The highest BCUT2D eigenvalue weighted by atomic mass is 32.2. The Morgan fingerprint density at radius 2 is 2.30 bits per heavy atom. The molecule has 2 heterocycles. The fourth-order valence-corrected chi connectivity index (χ4v) is 3.91. The Bertz CT molecular complexity index is 608. The molecule has 0 aliphatic rings. The molecule has 0 radical (unpaired) electrons. The number of thiophene rings is 1. The predicted molar refractivity (Wildman–Crippen MR) is 80.7 cm³/mol. The van der Waals surface area contributed by atoms with Crippen molar-refractivity contribution in [1.82, 2.24) is 10.3 Å². The number of thiazole rings is 1. The topological polar surface area (TPSA) is 79.3 Å². The summed E-state index contributed by atoms with van der Waals surface area (Å²) in [5.41, 5.74) is 0.490. The minimum absolute atomic E-state index is 0.0897. The fourth-order valence-electron chi connectivity index (χ4n) is 1.41. The van der Waals surface area contributed by atoms with Gasteiger partial charge < -0.3 is 10.4 Å². The standard InChI is InChI=1S/C12H12N2O3S3/c1-7-10(11(16)17)20-12(14-7)19-6-9(15)13-5-8-3-2-4-18-8/h2-4H,5-6H2,1H3,(H,13,15)(H,16,17). The number of nitrogens with one attached hydrogen (secondary N) is 1. The van der Waals surface area contributed by atoms with Crippen molar-refractivity contribution < 1.29 is 14.7 Å². The normalized spacial score (nSPS) is 10.4. The lowest BCUT2D eigenvalue weighted by Crippen LogP contribution is -2.24. The van der Waals surface area contributed by atoms with E-state index in [0.717, 1.165) is 16.2 Å². The smallest absolute Gasteiger partial charge is 0.347 e. The maximum atomic E-state index is 11.7. The van der Waals surface area contributed by atoms with E-state index in [2.05, 4.69) is 10.3 Å². The van der Waals surface area contributed by atoms with E-state index in [1.807, 2.05) is 17.5 Å². The van der Waals surface area contributed by atoms with Gasteiger partial charge in [0.25, 0.3) is 0 Å². The second-order valence-electron chi connectivity index (χ2n) is 3.84. The van der Waals surface area contributed by atoms with Crippen LogP contribution >= 0.6 is 34.4 Å². The van der Waals surface area contributed by atoms with Crippen molar-refractivity contribution in [2.75, 3.05) is 5.75 Å². The van der Waals surface area contributed by atoms with Crippen molar-refractivity contribution in [3.8, 4) is 0 Å². The lowest BCUT2D eigenvalue weighted by molar-refractivity contribution is -0.118. The number of carbonyl (C=O) groups is 2. The van der Waals surface area contributed by atoms with Crippen molar-refractivity contribution in [3.63, 3.8) is 0 Å². The van der Waals surface area contributed by atoms with E-state index in [4.69, 9.17) is 5.11 Å². The number of hydrogen-bond acceptors (Lipinski definition) is 6. The molecule has 2 aromatic heterocycles. The molecule has 0 unspecified atom stereocenters. The Balaban J connectivity index is 1.81. The van der Waals surface area contributed by atoms with E-state index in [0.29, 0.717) is 16.6 Å². The molecule has 106 valence electrons. The molecule has 0 atom stereocenters. The molecule has 0 fully saturated rings. The first kappa shape index (κ1) is 15.0. The summed E-state index contributed by atoms with van der Waals surface area (Å²) in [4.78, 5) is 28.0. The van der Waals surface area contributed by atoms with Crippen molar-refractivity contribution in [2.24, 2.45) is 0 Å². The molecule has 2 N–H and O–H groups in total. The summed E-state index contributed by atoms with van der Waals surface area (Å²) in [6.07, 6.45) is 0. The number of nitrogens with zero attached hydrogens (tertiary/aromatic N) is 1. The zero-order valence-electron chi connectivity index (χ0n) is 10.6. The van der Waals surface area contributed by atoms with Crippen LogP contribution in [-0.4, -0.2) is 27.7 Å². The molecule has 0 saturated heterocycles. The largest absolute Gasteiger partial charge is 0.477 e. The maximum absolute atomic E-state index is 11.7. The van der Waals surface area contributed by atoms with E-state index < -0.39 is 5.97 Å². The number of aromatic carboxylic acids is 1. The van der Waals surface area contributed by atoms with Gasteiger partial charge in [-0.2, -0.15) is 0 Å². The van der Waals surface area contributed by atoms with Crippen molar-refractivity contribution in [1.29, 1.82) is 0 Å². The number of amides is 1. The highest BCUT2D eigenvalue weighted by Crippen LogP contribution is 2.26. The van der Waals surface area contributed by atoms with Crippen molar-refractivity contribution in [2.45, 2.75) is 17.8 Å². The zero-order chi connectivity index (χ0) is 14.5. The third kappa shape index (κ3) is 4.06. The first-order chi connectivity index (χ1) is 9.56. The molecule has 0 bridgehead atoms. The van der Waals surface area contributed by atoms with Crippen LogP contribution in [-0.2, 0) is 11.3 Å². The molecule has 0 spiro atoms. The van der Waals surface area contributed by atoms with Crippen LogP contribution in [0.15, 0.2) is 21.9 Å². The van der Waals surface area contributed by atoms with Crippen LogP contribution in [0, 0.1) is 6.92 Å². The van der Waals surface area contributed by atoms with Gasteiger partial charge in [-0.05, 0) is 18.4 Å². The quantitative estimate of drug-likeness (QED) is 0.797. The first-order valence-corrected chi connectivity index (χ1v) is 8.37. The van der Waals surface area contributed by atoms with Crippen LogP contribution in [0.3, 0.4) is 0 Å².